The number of allylic oxidation sites excluding steroid dienone is 4. The predicted molar refractivity (Wildman–Crippen MR) is 164 cm³/mol. The first-order chi connectivity index (χ1) is 18.4. The molecule has 4 heteroatoms. The summed E-state index contributed by atoms with van der Waals surface area (Å²) in [5.74, 6) is 1.30. The van der Waals surface area contributed by atoms with Crippen LogP contribution in [0, 0.1) is 0 Å². The summed E-state index contributed by atoms with van der Waals surface area (Å²) in [6.07, 6.45) is 17.3. The molecule has 0 atom stereocenters. The van der Waals surface area contributed by atoms with Crippen LogP contribution >= 0.6 is 0 Å². The third kappa shape index (κ3) is 7.82. The van der Waals surface area contributed by atoms with Gasteiger partial charge in [-0.25, -0.2) is 0 Å². The molecule has 1 N–H and O–H groups in total. The Bertz CT molecular complexity index is 968. The van der Waals surface area contributed by atoms with Gasteiger partial charge < -0.3 is 19.6 Å². The van der Waals surface area contributed by atoms with Crippen LogP contribution in [0.1, 0.15) is 88.7 Å². The summed E-state index contributed by atoms with van der Waals surface area (Å²) >= 11 is 0. The molecule has 0 saturated heterocycles. The van der Waals surface area contributed by atoms with E-state index in [1.54, 1.807) is 6.08 Å². The maximum absolute atomic E-state index is 10.8. The van der Waals surface area contributed by atoms with Crippen LogP contribution in [0.15, 0.2) is 72.2 Å². The Morgan fingerprint density at radius 2 is 1.11 bits per heavy atom. The number of benzene rings is 2. The summed E-state index contributed by atoms with van der Waals surface area (Å²) in [4.78, 5) is 4.22. The number of anilines is 2. The molecule has 1 aliphatic carbocycles. The highest BCUT2D eigenvalue weighted by Gasteiger charge is 2.42. The Morgan fingerprint density at radius 1 is 0.658 bits per heavy atom. The SMILES string of the molecule is CCCCCCCCCCCCOC1=CC=C(O)CC1(c1ccc(N(C)C)cc1)c1ccc(N(C)C)cc1. The molecule has 2 aromatic rings. The number of hydrogen-bond donors (Lipinski definition) is 1. The minimum atomic E-state index is -0.562. The maximum atomic E-state index is 10.8. The molecular formula is C34H50N2O2. The Kier molecular flexibility index (Phi) is 11.6. The minimum absolute atomic E-state index is 0.379. The van der Waals surface area contributed by atoms with Gasteiger partial charge in [-0.1, -0.05) is 89.0 Å². The van der Waals surface area contributed by atoms with Crippen molar-refractivity contribution < 1.29 is 9.84 Å². The number of rotatable bonds is 16. The lowest BCUT2D eigenvalue weighted by Crippen LogP contribution is -2.34. The van der Waals surface area contributed by atoms with Gasteiger partial charge in [0.05, 0.1) is 17.8 Å². The number of aliphatic hydroxyl groups excluding tert-OH is 1. The summed E-state index contributed by atoms with van der Waals surface area (Å²) in [6.45, 7) is 2.97. The normalized spacial score (nSPS) is 14.6. The molecule has 0 aromatic heterocycles. The second-order valence-corrected chi connectivity index (χ2v) is 11.2. The molecule has 0 bridgehead atoms. The van der Waals surface area contributed by atoms with E-state index >= 15 is 0 Å². The standard InChI is InChI=1S/C34H50N2O2/c1-6-7-8-9-10-11-12-13-14-15-26-38-33-25-24-32(37)27-34(33,28-16-20-30(21-17-28)35(2)3)29-18-22-31(23-19-29)36(4)5/h16-25,37H,6-15,26-27H2,1-5H3. The van der Waals surface area contributed by atoms with Crippen LogP contribution in [-0.2, 0) is 10.2 Å². The zero-order valence-corrected chi connectivity index (χ0v) is 24.5. The van der Waals surface area contributed by atoms with Gasteiger partial charge in [-0.05, 0) is 54.0 Å². The van der Waals surface area contributed by atoms with Crippen molar-refractivity contribution in [3.8, 4) is 0 Å². The van der Waals surface area contributed by atoms with Gasteiger partial charge in [0.1, 0.15) is 5.76 Å². The van der Waals surface area contributed by atoms with Gasteiger partial charge in [-0.2, -0.15) is 0 Å². The lowest BCUT2D eigenvalue weighted by molar-refractivity contribution is 0.159. The van der Waals surface area contributed by atoms with Crippen molar-refractivity contribution in [1.82, 2.24) is 0 Å². The third-order valence-corrected chi connectivity index (χ3v) is 7.80. The first-order valence-corrected chi connectivity index (χ1v) is 14.7. The van der Waals surface area contributed by atoms with Crippen molar-refractivity contribution in [1.29, 1.82) is 0 Å². The molecule has 3 rings (SSSR count). The maximum Gasteiger partial charge on any atom is 0.111 e. The van der Waals surface area contributed by atoms with E-state index in [0.717, 1.165) is 34.7 Å². The molecule has 2 aromatic carbocycles. The molecule has 0 aliphatic heterocycles. The quantitative estimate of drug-likeness (QED) is 0.225. The zero-order chi connectivity index (χ0) is 27.4. The van der Waals surface area contributed by atoms with Gasteiger partial charge in [-0.15, -0.1) is 0 Å². The van der Waals surface area contributed by atoms with E-state index in [2.05, 4.69) is 93.4 Å². The first-order valence-electron chi connectivity index (χ1n) is 14.7. The van der Waals surface area contributed by atoms with Crippen LogP contribution in [-0.4, -0.2) is 39.9 Å². The molecule has 0 heterocycles. The van der Waals surface area contributed by atoms with Crippen molar-refractivity contribution in [3.63, 3.8) is 0 Å². The van der Waals surface area contributed by atoms with Gasteiger partial charge in [0.25, 0.3) is 0 Å². The summed E-state index contributed by atoms with van der Waals surface area (Å²) in [5.41, 5.74) is 4.01. The number of nitrogens with zero attached hydrogens (tertiary/aromatic N) is 2. The smallest absolute Gasteiger partial charge is 0.111 e. The third-order valence-electron chi connectivity index (χ3n) is 7.80. The van der Waals surface area contributed by atoms with E-state index in [0.29, 0.717) is 18.8 Å². The first kappa shape index (κ1) is 29.7. The highest BCUT2D eigenvalue weighted by molar-refractivity contribution is 5.57. The topological polar surface area (TPSA) is 35.9 Å². The fourth-order valence-electron chi connectivity index (χ4n) is 5.42. The van der Waals surface area contributed by atoms with Gasteiger partial charge in [0, 0.05) is 46.0 Å². The average Bonchev–Trinajstić information content (AvgIpc) is 2.92. The molecule has 0 fully saturated rings. The second-order valence-electron chi connectivity index (χ2n) is 11.2. The second kappa shape index (κ2) is 14.9. The number of unbranched alkanes of at least 4 members (excludes halogenated alkanes) is 9. The van der Waals surface area contributed by atoms with E-state index < -0.39 is 5.41 Å². The summed E-state index contributed by atoms with van der Waals surface area (Å²) in [7, 11) is 8.23. The Hall–Kier alpha value is -2.88. The lowest BCUT2D eigenvalue weighted by Gasteiger charge is -2.39. The highest BCUT2D eigenvalue weighted by Crippen LogP contribution is 2.47. The Balaban J connectivity index is 1.73. The predicted octanol–water partition coefficient (Wildman–Crippen LogP) is 8.77. The molecule has 0 spiro atoms. The molecule has 1 aliphatic rings. The number of aliphatic hydroxyl groups is 1. The monoisotopic (exact) mass is 518 g/mol. The van der Waals surface area contributed by atoms with Crippen LogP contribution in [0.3, 0.4) is 0 Å². The van der Waals surface area contributed by atoms with Gasteiger partial charge in [0.15, 0.2) is 0 Å². The molecule has 0 amide bonds. The van der Waals surface area contributed by atoms with Gasteiger partial charge in [-0.3, -0.25) is 0 Å². The number of ether oxygens (including phenoxy) is 1. The molecular weight excluding hydrogens is 468 g/mol. The van der Waals surface area contributed by atoms with Crippen molar-refractivity contribution >= 4 is 11.4 Å². The summed E-state index contributed by atoms with van der Waals surface area (Å²) in [5, 5.41) is 10.8. The molecule has 4 nitrogen and oxygen atoms in total. The fourth-order valence-corrected chi connectivity index (χ4v) is 5.42. The van der Waals surface area contributed by atoms with Crippen LogP contribution < -0.4 is 9.80 Å². The molecule has 0 unspecified atom stereocenters. The molecule has 208 valence electrons. The zero-order valence-electron chi connectivity index (χ0n) is 24.5. The van der Waals surface area contributed by atoms with E-state index in [1.807, 2.05) is 6.08 Å². The van der Waals surface area contributed by atoms with Crippen LogP contribution in [0.25, 0.3) is 0 Å². The molecule has 38 heavy (non-hydrogen) atoms. The van der Waals surface area contributed by atoms with Crippen molar-refractivity contribution in [3.05, 3.63) is 83.3 Å². The molecule has 0 radical (unpaired) electrons. The van der Waals surface area contributed by atoms with Crippen molar-refractivity contribution in [2.24, 2.45) is 0 Å². The van der Waals surface area contributed by atoms with Gasteiger partial charge >= 0.3 is 0 Å². The van der Waals surface area contributed by atoms with E-state index in [4.69, 9.17) is 4.74 Å². The Morgan fingerprint density at radius 3 is 1.55 bits per heavy atom. The van der Waals surface area contributed by atoms with Crippen molar-refractivity contribution in [2.75, 3.05) is 44.6 Å². The van der Waals surface area contributed by atoms with E-state index in [9.17, 15) is 5.11 Å². The molecule has 0 saturated carbocycles. The fraction of sp³-hybridized carbons (Fsp3) is 0.529. The van der Waals surface area contributed by atoms with Crippen LogP contribution in [0.4, 0.5) is 11.4 Å². The Labute approximate surface area is 232 Å². The van der Waals surface area contributed by atoms with E-state index in [-0.39, 0.29) is 0 Å². The van der Waals surface area contributed by atoms with Crippen molar-refractivity contribution in [2.45, 2.75) is 83.0 Å². The van der Waals surface area contributed by atoms with Crippen LogP contribution in [0.5, 0.6) is 0 Å². The largest absolute Gasteiger partial charge is 0.512 e. The van der Waals surface area contributed by atoms with E-state index in [1.165, 1.54) is 57.8 Å². The van der Waals surface area contributed by atoms with Crippen LogP contribution in [0.2, 0.25) is 0 Å². The van der Waals surface area contributed by atoms with Gasteiger partial charge in [0.2, 0.25) is 0 Å². The average molecular weight is 519 g/mol. The highest BCUT2D eigenvalue weighted by atomic mass is 16.5. The summed E-state index contributed by atoms with van der Waals surface area (Å²) < 4.78 is 6.57. The number of hydrogen-bond acceptors (Lipinski definition) is 4. The summed E-state index contributed by atoms with van der Waals surface area (Å²) in [6, 6.07) is 17.4. The minimum Gasteiger partial charge on any atom is -0.512 e. The lowest BCUT2D eigenvalue weighted by atomic mass is 9.68.